The summed E-state index contributed by atoms with van der Waals surface area (Å²) in [7, 11) is 0. The Hall–Kier alpha value is -1.69. The SMILES string of the molecule is CC(C)(C)Oc1ncc(-c2cncs2)c(OC(C)(C)C)n1. The summed E-state index contributed by atoms with van der Waals surface area (Å²) in [6, 6.07) is 0.315. The Bertz CT molecular complexity index is 598. The van der Waals surface area contributed by atoms with Crippen LogP contribution in [0.25, 0.3) is 10.4 Å². The number of nitrogens with zero attached hydrogens (tertiary/aromatic N) is 3. The number of ether oxygens (including phenoxy) is 2. The van der Waals surface area contributed by atoms with Crippen LogP contribution in [-0.4, -0.2) is 26.2 Å². The van der Waals surface area contributed by atoms with Crippen LogP contribution in [0, 0.1) is 0 Å². The molecule has 0 bridgehead atoms. The minimum absolute atomic E-state index is 0.315. The molecule has 0 fully saturated rings. The van der Waals surface area contributed by atoms with Crippen LogP contribution in [0.4, 0.5) is 0 Å². The van der Waals surface area contributed by atoms with E-state index in [2.05, 4.69) is 15.0 Å². The molecule has 0 aromatic carbocycles. The molecule has 2 aromatic heterocycles. The molecule has 2 heterocycles. The van der Waals surface area contributed by atoms with Crippen molar-refractivity contribution in [1.82, 2.24) is 15.0 Å². The van der Waals surface area contributed by atoms with Gasteiger partial charge in [-0.2, -0.15) is 4.98 Å². The number of hydrogen-bond acceptors (Lipinski definition) is 6. The maximum atomic E-state index is 5.96. The highest BCUT2D eigenvalue weighted by Crippen LogP contribution is 2.33. The predicted molar refractivity (Wildman–Crippen MR) is 83.9 cm³/mol. The minimum Gasteiger partial charge on any atom is -0.471 e. The summed E-state index contributed by atoms with van der Waals surface area (Å²) >= 11 is 1.52. The Kier molecular flexibility index (Phi) is 4.18. The monoisotopic (exact) mass is 307 g/mol. The quantitative estimate of drug-likeness (QED) is 0.859. The van der Waals surface area contributed by atoms with Gasteiger partial charge in [-0.15, -0.1) is 11.3 Å². The molecule has 0 saturated heterocycles. The molecule has 0 saturated carbocycles. The van der Waals surface area contributed by atoms with Gasteiger partial charge >= 0.3 is 6.01 Å². The van der Waals surface area contributed by atoms with Gasteiger partial charge in [0.25, 0.3) is 0 Å². The Morgan fingerprint density at radius 1 is 0.952 bits per heavy atom. The number of rotatable bonds is 3. The second-order valence-electron chi connectivity index (χ2n) is 6.67. The van der Waals surface area contributed by atoms with Crippen molar-refractivity contribution in [2.45, 2.75) is 52.7 Å². The fraction of sp³-hybridized carbons (Fsp3) is 0.533. The predicted octanol–water partition coefficient (Wildman–Crippen LogP) is 3.95. The van der Waals surface area contributed by atoms with Gasteiger partial charge < -0.3 is 9.47 Å². The lowest BCUT2D eigenvalue weighted by Crippen LogP contribution is -2.26. The van der Waals surface area contributed by atoms with E-state index in [0.717, 1.165) is 10.4 Å². The van der Waals surface area contributed by atoms with Gasteiger partial charge in [0.1, 0.15) is 11.2 Å². The second kappa shape index (κ2) is 5.60. The zero-order chi connectivity index (χ0) is 15.7. The highest BCUT2D eigenvalue weighted by molar-refractivity contribution is 7.13. The molecule has 0 aliphatic carbocycles. The van der Waals surface area contributed by atoms with Crippen molar-refractivity contribution in [1.29, 1.82) is 0 Å². The standard InChI is InChI=1S/C15H21N3O2S/c1-14(2,3)19-12-10(11-8-16-9-21-11)7-17-13(18-12)20-15(4,5)6/h7-9H,1-6H3. The van der Waals surface area contributed by atoms with E-state index >= 15 is 0 Å². The first-order valence-electron chi connectivity index (χ1n) is 6.78. The molecule has 21 heavy (non-hydrogen) atoms. The van der Waals surface area contributed by atoms with E-state index < -0.39 is 0 Å². The first-order valence-corrected chi connectivity index (χ1v) is 7.66. The second-order valence-corrected chi connectivity index (χ2v) is 7.55. The summed E-state index contributed by atoms with van der Waals surface area (Å²) in [5.41, 5.74) is 1.89. The maximum absolute atomic E-state index is 5.96. The molecule has 0 spiro atoms. The van der Waals surface area contributed by atoms with Crippen LogP contribution >= 0.6 is 11.3 Å². The summed E-state index contributed by atoms with van der Waals surface area (Å²) in [4.78, 5) is 13.8. The van der Waals surface area contributed by atoms with Crippen LogP contribution < -0.4 is 9.47 Å². The molecule has 0 atom stereocenters. The lowest BCUT2D eigenvalue weighted by Gasteiger charge is -2.23. The van der Waals surface area contributed by atoms with Crippen LogP contribution in [-0.2, 0) is 0 Å². The zero-order valence-corrected chi connectivity index (χ0v) is 14.1. The van der Waals surface area contributed by atoms with Gasteiger partial charge in [0.2, 0.25) is 5.88 Å². The molecule has 0 radical (unpaired) electrons. The Balaban J connectivity index is 2.41. The molecular weight excluding hydrogens is 286 g/mol. The molecule has 0 unspecified atom stereocenters. The molecule has 5 nitrogen and oxygen atoms in total. The van der Waals surface area contributed by atoms with Crippen molar-refractivity contribution < 1.29 is 9.47 Å². The third kappa shape index (κ3) is 4.67. The van der Waals surface area contributed by atoms with Crippen molar-refractivity contribution in [3.8, 4) is 22.3 Å². The third-order valence-electron chi connectivity index (χ3n) is 2.23. The van der Waals surface area contributed by atoms with Crippen LogP contribution in [0.1, 0.15) is 41.5 Å². The van der Waals surface area contributed by atoms with Crippen molar-refractivity contribution in [3.05, 3.63) is 17.9 Å². The van der Waals surface area contributed by atoms with Crippen molar-refractivity contribution in [2.24, 2.45) is 0 Å². The third-order valence-corrected chi connectivity index (χ3v) is 3.04. The van der Waals surface area contributed by atoms with Crippen LogP contribution in [0.2, 0.25) is 0 Å². The highest BCUT2D eigenvalue weighted by atomic mass is 32.1. The Labute approximate surface area is 129 Å². The Morgan fingerprint density at radius 3 is 2.14 bits per heavy atom. The molecule has 0 N–H and O–H groups in total. The van der Waals surface area contributed by atoms with Crippen molar-refractivity contribution in [2.75, 3.05) is 0 Å². The molecule has 2 aromatic rings. The fourth-order valence-electron chi connectivity index (χ4n) is 1.56. The van der Waals surface area contributed by atoms with Crippen LogP contribution in [0.3, 0.4) is 0 Å². The van der Waals surface area contributed by atoms with Crippen molar-refractivity contribution >= 4 is 11.3 Å². The summed E-state index contributed by atoms with van der Waals surface area (Å²) in [5.74, 6) is 0.515. The summed E-state index contributed by atoms with van der Waals surface area (Å²) < 4.78 is 11.7. The normalized spacial score (nSPS) is 12.3. The van der Waals surface area contributed by atoms with Gasteiger partial charge in [-0.1, -0.05) is 0 Å². The lowest BCUT2D eigenvalue weighted by atomic mass is 10.2. The van der Waals surface area contributed by atoms with Gasteiger partial charge in [0.15, 0.2) is 0 Å². The van der Waals surface area contributed by atoms with Gasteiger partial charge in [-0.25, -0.2) is 4.98 Å². The minimum atomic E-state index is -0.356. The lowest BCUT2D eigenvalue weighted by molar-refractivity contribution is 0.103. The topological polar surface area (TPSA) is 57.1 Å². The molecule has 2 rings (SSSR count). The molecule has 0 aliphatic heterocycles. The van der Waals surface area contributed by atoms with Crippen molar-refractivity contribution in [3.63, 3.8) is 0 Å². The largest absolute Gasteiger partial charge is 0.471 e. The summed E-state index contributed by atoms with van der Waals surface area (Å²) in [6.45, 7) is 11.8. The fourth-order valence-corrected chi connectivity index (χ4v) is 2.18. The van der Waals surface area contributed by atoms with E-state index in [0.29, 0.717) is 11.9 Å². The van der Waals surface area contributed by atoms with Gasteiger partial charge in [0, 0.05) is 12.4 Å². The molecule has 114 valence electrons. The summed E-state index contributed by atoms with van der Waals surface area (Å²) in [5, 5.41) is 0. The van der Waals surface area contributed by atoms with Gasteiger partial charge in [0.05, 0.1) is 16.0 Å². The molecule has 6 heteroatoms. The van der Waals surface area contributed by atoms with Crippen LogP contribution in [0.5, 0.6) is 11.9 Å². The Morgan fingerprint density at radius 2 is 1.62 bits per heavy atom. The van der Waals surface area contributed by atoms with Gasteiger partial charge in [-0.3, -0.25) is 4.98 Å². The smallest absolute Gasteiger partial charge is 0.320 e. The number of aromatic nitrogens is 3. The highest BCUT2D eigenvalue weighted by Gasteiger charge is 2.21. The average Bonchev–Trinajstić information content (AvgIpc) is 2.78. The average molecular weight is 307 g/mol. The molecule has 0 aliphatic rings. The zero-order valence-electron chi connectivity index (χ0n) is 13.3. The van der Waals surface area contributed by atoms with E-state index in [1.807, 2.05) is 41.5 Å². The first kappa shape index (κ1) is 15.7. The van der Waals surface area contributed by atoms with E-state index in [1.54, 1.807) is 17.9 Å². The summed E-state index contributed by atoms with van der Waals surface area (Å²) in [6.07, 6.45) is 3.51. The number of hydrogen-bond donors (Lipinski definition) is 0. The van der Waals surface area contributed by atoms with E-state index in [4.69, 9.17) is 9.47 Å². The molecular formula is C15H21N3O2S. The maximum Gasteiger partial charge on any atom is 0.320 e. The molecule has 0 amide bonds. The van der Waals surface area contributed by atoms with E-state index in [1.165, 1.54) is 11.3 Å². The van der Waals surface area contributed by atoms with Crippen LogP contribution in [0.15, 0.2) is 17.9 Å². The van der Waals surface area contributed by atoms with E-state index in [9.17, 15) is 0 Å². The first-order chi connectivity index (χ1) is 9.64. The van der Waals surface area contributed by atoms with Gasteiger partial charge in [-0.05, 0) is 41.5 Å². The number of thiazole rings is 1. The van der Waals surface area contributed by atoms with E-state index in [-0.39, 0.29) is 11.2 Å².